The number of carbonyl (C=O) groups is 2. The molecule has 0 radical (unpaired) electrons. The van der Waals surface area contributed by atoms with Gasteiger partial charge in [-0.25, -0.2) is 0 Å². The van der Waals surface area contributed by atoms with Crippen molar-refractivity contribution in [3.8, 4) is 11.4 Å². The van der Waals surface area contributed by atoms with E-state index in [0.29, 0.717) is 49.0 Å². The van der Waals surface area contributed by atoms with Crippen molar-refractivity contribution in [3.05, 3.63) is 35.7 Å². The van der Waals surface area contributed by atoms with E-state index in [9.17, 15) is 14.7 Å². The molecule has 0 bridgehead atoms. The lowest BCUT2D eigenvalue weighted by atomic mass is 9.77. The molecule has 27 heavy (non-hydrogen) atoms. The molecular formula is C20H23N3O4. The molecule has 0 unspecified atom stereocenters. The molecule has 142 valence electrons. The van der Waals surface area contributed by atoms with Gasteiger partial charge in [-0.15, -0.1) is 0 Å². The summed E-state index contributed by atoms with van der Waals surface area (Å²) in [7, 11) is 0. The summed E-state index contributed by atoms with van der Waals surface area (Å²) in [6.07, 6.45) is 4.03. The molecule has 1 aromatic carbocycles. The summed E-state index contributed by atoms with van der Waals surface area (Å²) in [6, 6.07) is 7.10. The van der Waals surface area contributed by atoms with Crippen LogP contribution in [0.5, 0.6) is 0 Å². The predicted molar refractivity (Wildman–Crippen MR) is 97.2 cm³/mol. The second-order valence-corrected chi connectivity index (χ2v) is 7.58. The van der Waals surface area contributed by atoms with E-state index in [0.717, 1.165) is 18.4 Å². The molecule has 4 rings (SSSR count). The van der Waals surface area contributed by atoms with Crippen LogP contribution in [0.2, 0.25) is 0 Å². The lowest BCUT2D eigenvalue weighted by Gasteiger charge is -2.39. The third-order valence-corrected chi connectivity index (χ3v) is 5.75. The van der Waals surface area contributed by atoms with E-state index < -0.39 is 11.4 Å². The fourth-order valence-electron chi connectivity index (χ4n) is 3.71. The number of amides is 1. The first-order chi connectivity index (χ1) is 13.0. The summed E-state index contributed by atoms with van der Waals surface area (Å²) in [6.45, 7) is 2.72. The largest absolute Gasteiger partial charge is 0.481 e. The van der Waals surface area contributed by atoms with Crippen molar-refractivity contribution in [2.24, 2.45) is 5.41 Å². The number of likely N-dealkylation sites (tertiary alicyclic amines) is 1. The van der Waals surface area contributed by atoms with Gasteiger partial charge >= 0.3 is 5.97 Å². The first-order valence-electron chi connectivity index (χ1n) is 9.49. The first-order valence-corrected chi connectivity index (χ1v) is 9.49. The number of benzene rings is 1. The predicted octanol–water partition coefficient (Wildman–Crippen LogP) is 3.33. The summed E-state index contributed by atoms with van der Waals surface area (Å²) in [5.41, 5.74) is 0.508. The molecule has 2 heterocycles. The topological polar surface area (TPSA) is 96.5 Å². The molecule has 2 aromatic rings. The van der Waals surface area contributed by atoms with Gasteiger partial charge in [-0.1, -0.05) is 24.2 Å². The maximum Gasteiger partial charge on any atom is 0.311 e. The smallest absolute Gasteiger partial charge is 0.311 e. The van der Waals surface area contributed by atoms with E-state index in [2.05, 4.69) is 10.1 Å². The summed E-state index contributed by atoms with van der Waals surface area (Å²) in [5.74, 6) is 0.667. The van der Waals surface area contributed by atoms with Gasteiger partial charge in [0.25, 0.3) is 5.91 Å². The summed E-state index contributed by atoms with van der Waals surface area (Å²) < 4.78 is 5.28. The average molecular weight is 369 g/mol. The van der Waals surface area contributed by atoms with Crippen molar-refractivity contribution in [1.82, 2.24) is 15.0 Å². The van der Waals surface area contributed by atoms with E-state index >= 15 is 0 Å². The number of hydrogen-bond donors (Lipinski definition) is 1. The highest BCUT2D eigenvalue weighted by Crippen LogP contribution is 2.39. The minimum Gasteiger partial charge on any atom is -0.481 e. The fraction of sp³-hybridized carbons (Fsp3) is 0.500. The number of hydrogen-bond acceptors (Lipinski definition) is 5. The normalized spacial score (nSPS) is 22.6. The molecule has 1 atom stereocenters. The van der Waals surface area contributed by atoms with E-state index in [4.69, 9.17) is 4.52 Å². The third-order valence-electron chi connectivity index (χ3n) is 5.75. The Morgan fingerprint density at radius 1 is 1.30 bits per heavy atom. The van der Waals surface area contributed by atoms with Crippen LogP contribution in [0, 0.1) is 5.41 Å². The monoisotopic (exact) mass is 369 g/mol. The average Bonchev–Trinajstić information content (AvgIpc) is 3.44. The number of aliphatic carboxylic acids is 1. The van der Waals surface area contributed by atoms with Gasteiger partial charge in [0.1, 0.15) is 0 Å². The lowest BCUT2D eigenvalue weighted by molar-refractivity contribution is -0.152. The SMILES string of the molecule is CC[C@@]1(C(=O)O)CCCN(C(=O)c2ccc(-c3noc(C4CC4)n3)cc2)C1. The van der Waals surface area contributed by atoms with Gasteiger partial charge < -0.3 is 14.5 Å². The standard InChI is InChI=1S/C20H23N3O4/c1-2-20(19(25)26)10-3-11-23(12-20)18(24)15-8-4-13(5-9-15)16-21-17(27-22-16)14-6-7-14/h4-5,8-9,14H,2-3,6-7,10-12H2,1H3,(H,25,26)/t20-/m1/s1. The van der Waals surface area contributed by atoms with Crippen molar-refractivity contribution in [3.63, 3.8) is 0 Å². The Morgan fingerprint density at radius 3 is 2.67 bits per heavy atom. The van der Waals surface area contributed by atoms with Crippen LogP contribution >= 0.6 is 0 Å². The van der Waals surface area contributed by atoms with E-state index in [1.807, 2.05) is 19.1 Å². The molecule has 7 heteroatoms. The van der Waals surface area contributed by atoms with Gasteiger partial charge in [0.2, 0.25) is 11.7 Å². The quantitative estimate of drug-likeness (QED) is 0.868. The summed E-state index contributed by atoms with van der Waals surface area (Å²) in [4.78, 5) is 30.6. The van der Waals surface area contributed by atoms with E-state index in [-0.39, 0.29) is 12.5 Å². The van der Waals surface area contributed by atoms with Crippen LogP contribution in [-0.4, -0.2) is 45.1 Å². The van der Waals surface area contributed by atoms with Gasteiger partial charge in [0.15, 0.2) is 0 Å². The van der Waals surface area contributed by atoms with Crippen molar-refractivity contribution in [2.45, 2.75) is 44.9 Å². The molecule has 1 aliphatic heterocycles. The van der Waals surface area contributed by atoms with Crippen LogP contribution in [-0.2, 0) is 4.79 Å². The Balaban J connectivity index is 1.49. The maximum atomic E-state index is 12.9. The number of carboxylic acids is 1. The third kappa shape index (κ3) is 3.34. The number of rotatable bonds is 5. The van der Waals surface area contributed by atoms with Gasteiger partial charge in [-0.05, 0) is 44.2 Å². The highest BCUT2D eigenvalue weighted by Gasteiger charge is 2.42. The Kier molecular flexibility index (Phi) is 4.45. The molecule has 1 saturated carbocycles. The molecule has 1 saturated heterocycles. The zero-order valence-corrected chi connectivity index (χ0v) is 15.4. The summed E-state index contributed by atoms with van der Waals surface area (Å²) in [5, 5.41) is 13.6. The van der Waals surface area contributed by atoms with Gasteiger partial charge in [-0.2, -0.15) is 4.98 Å². The fourth-order valence-corrected chi connectivity index (χ4v) is 3.71. The molecular weight excluding hydrogens is 346 g/mol. The minimum absolute atomic E-state index is 0.132. The molecule has 0 spiro atoms. The van der Waals surface area contributed by atoms with E-state index in [1.165, 1.54) is 0 Å². The Labute approximate surface area is 157 Å². The number of nitrogens with zero attached hydrogens (tertiary/aromatic N) is 3. The molecule has 1 aromatic heterocycles. The van der Waals surface area contributed by atoms with Crippen molar-refractivity contribution < 1.29 is 19.2 Å². The molecule has 1 aliphatic carbocycles. The highest BCUT2D eigenvalue weighted by atomic mass is 16.5. The minimum atomic E-state index is -0.836. The van der Waals surface area contributed by atoms with Crippen LogP contribution in [0.15, 0.2) is 28.8 Å². The summed E-state index contributed by atoms with van der Waals surface area (Å²) >= 11 is 0. The van der Waals surface area contributed by atoms with Crippen molar-refractivity contribution in [2.75, 3.05) is 13.1 Å². The van der Waals surface area contributed by atoms with Gasteiger partial charge in [0.05, 0.1) is 5.41 Å². The zero-order valence-electron chi connectivity index (χ0n) is 15.4. The Hall–Kier alpha value is -2.70. The number of carboxylic acid groups (broad SMARTS) is 1. The van der Waals surface area contributed by atoms with Crippen molar-refractivity contribution >= 4 is 11.9 Å². The van der Waals surface area contributed by atoms with Crippen LogP contribution in [0.4, 0.5) is 0 Å². The van der Waals surface area contributed by atoms with E-state index in [1.54, 1.807) is 17.0 Å². The number of piperidine rings is 1. The Bertz CT molecular complexity index is 856. The van der Waals surface area contributed by atoms with Crippen LogP contribution in [0.3, 0.4) is 0 Å². The molecule has 2 fully saturated rings. The number of carbonyl (C=O) groups excluding carboxylic acids is 1. The second-order valence-electron chi connectivity index (χ2n) is 7.58. The first kappa shape index (κ1) is 17.7. The maximum absolute atomic E-state index is 12.9. The molecule has 7 nitrogen and oxygen atoms in total. The molecule has 2 aliphatic rings. The Morgan fingerprint density at radius 2 is 2.04 bits per heavy atom. The van der Waals surface area contributed by atoms with Crippen LogP contribution < -0.4 is 0 Å². The lowest BCUT2D eigenvalue weighted by Crippen LogP contribution is -2.49. The van der Waals surface area contributed by atoms with Crippen molar-refractivity contribution in [1.29, 1.82) is 0 Å². The van der Waals surface area contributed by atoms with Gasteiger partial charge in [-0.3, -0.25) is 9.59 Å². The molecule has 1 N–H and O–H groups in total. The molecule has 1 amide bonds. The second kappa shape index (κ2) is 6.79. The van der Waals surface area contributed by atoms with Gasteiger partial charge in [0, 0.05) is 30.1 Å². The van der Waals surface area contributed by atoms with Crippen LogP contribution in [0.1, 0.15) is 61.2 Å². The van der Waals surface area contributed by atoms with Crippen LogP contribution in [0.25, 0.3) is 11.4 Å². The number of aromatic nitrogens is 2. The zero-order chi connectivity index (χ0) is 19.0. The highest BCUT2D eigenvalue weighted by molar-refractivity contribution is 5.95.